The molecule has 6 N–H and O–H groups in total. The zero-order valence-corrected chi connectivity index (χ0v) is 21.7. The van der Waals surface area contributed by atoms with Crippen molar-refractivity contribution in [2.75, 3.05) is 0 Å². The number of carbonyl (C=O) groups is 4. The molecule has 13 heteroatoms. The number of rotatable bonds is 2. The summed E-state index contributed by atoms with van der Waals surface area (Å²) in [4.78, 5) is 52.8. The first kappa shape index (κ1) is 26.2. The van der Waals surface area contributed by atoms with E-state index in [2.05, 4.69) is 18.1 Å². The number of phenolic OH excluding ortho intramolecular Hbond substituents is 1. The van der Waals surface area contributed by atoms with Crippen LogP contribution in [0.4, 0.5) is 0 Å². The van der Waals surface area contributed by atoms with Gasteiger partial charge in [-0.1, -0.05) is 11.6 Å². The number of thiol groups is 1. The number of phenols is 1. The van der Waals surface area contributed by atoms with Crippen LogP contribution in [0.15, 0.2) is 68.9 Å². The van der Waals surface area contributed by atoms with Crippen molar-refractivity contribution < 1.29 is 39.6 Å². The van der Waals surface area contributed by atoms with Gasteiger partial charge in [0.2, 0.25) is 5.78 Å². The Hall–Kier alpha value is -3.45. The third-order valence-electron chi connectivity index (χ3n) is 6.79. The number of aromatic hydroxyl groups is 1. The minimum atomic E-state index is -2.70. The molecule has 2 aromatic rings. The minimum absolute atomic E-state index is 0.0275. The van der Waals surface area contributed by atoms with E-state index in [1.807, 2.05) is 5.43 Å². The summed E-state index contributed by atoms with van der Waals surface area (Å²) in [5.41, 5.74) is 0.272. The van der Waals surface area contributed by atoms with Crippen LogP contribution in [0, 0.1) is 5.92 Å². The molecule has 0 bridgehead atoms. The standard InChI is InChI=1S/C25H19ClN2O8S2/c26-12-5-6-13(29)16-19(31)18-15(38-20(12)16)8-10-7-14(30)17(21(32)25(10,36)22(18)33)24(35)28-27-23(34)9-1-3-11(37)4-2-9/h1-6,10,15,29-30,33,36-37H,7-8H2,(H,27,34)(H,28,35). The van der Waals surface area contributed by atoms with Crippen LogP contribution in [-0.4, -0.2) is 54.7 Å². The number of aliphatic hydroxyl groups is 3. The lowest BCUT2D eigenvalue weighted by Crippen LogP contribution is -2.58. The highest BCUT2D eigenvalue weighted by Crippen LogP contribution is 2.54. The first-order chi connectivity index (χ1) is 17.9. The number of hydrogen-bond donors (Lipinski definition) is 7. The maximum Gasteiger partial charge on any atom is 0.276 e. The Kier molecular flexibility index (Phi) is 6.46. The van der Waals surface area contributed by atoms with Crippen LogP contribution in [-0.2, 0) is 9.59 Å². The number of halogens is 1. The Balaban J connectivity index is 1.45. The van der Waals surface area contributed by atoms with Crippen molar-refractivity contribution in [3.63, 3.8) is 0 Å². The number of hydrogen-bond acceptors (Lipinski definition) is 10. The molecule has 10 nitrogen and oxygen atoms in total. The van der Waals surface area contributed by atoms with Crippen molar-refractivity contribution in [1.82, 2.24) is 10.9 Å². The molecule has 38 heavy (non-hydrogen) atoms. The summed E-state index contributed by atoms with van der Waals surface area (Å²) in [6, 6.07) is 8.64. The van der Waals surface area contributed by atoms with Crippen LogP contribution in [0.5, 0.6) is 5.75 Å². The summed E-state index contributed by atoms with van der Waals surface area (Å²) in [6.07, 6.45) is -0.397. The SMILES string of the molecule is O=C(NNC(=O)c1ccc(S)cc1)C1=C(O)CC2CC3Sc4c(Cl)ccc(O)c4C(=O)C3=C(O)C2(O)C1=O. The number of fused-ring (bicyclic) bond motifs is 3. The van der Waals surface area contributed by atoms with Gasteiger partial charge in [0.25, 0.3) is 11.8 Å². The van der Waals surface area contributed by atoms with Crippen molar-refractivity contribution in [3.05, 3.63) is 75.2 Å². The van der Waals surface area contributed by atoms with E-state index in [0.29, 0.717) is 9.79 Å². The monoisotopic (exact) mass is 574 g/mol. The summed E-state index contributed by atoms with van der Waals surface area (Å²) in [5.74, 6) is -7.16. The maximum atomic E-state index is 13.4. The van der Waals surface area contributed by atoms with Gasteiger partial charge in [-0.15, -0.1) is 24.4 Å². The number of thioether (sulfide) groups is 1. The van der Waals surface area contributed by atoms with E-state index in [-0.39, 0.29) is 40.3 Å². The van der Waals surface area contributed by atoms with Gasteiger partial charge in [-0.05, 0) is 42.8 Å². The first-order valence-corrected chi connectivity index (χ1v) is 12.9. The number of ketones is 2. The molecule has 1 heterocycles. The lowest BCUT2D eigenvalue weighted by Gasteiger charge is -2.45. The van der Waals surface area contributed by atoms with Crippen molar-refractivity contribution in [2.24, 2.45) is 5.92 Å². The fourth-order valence-corrected chi connectivity index (χ4v) is 6.78. The zero-order valence-electron chi connectivity index (χ0n) is 19.2. The van der Waals surface area contributed by atoms with Gasteiger partial charge in [-0.25, -0.2) is 0 Å². The van der Waals surface area contributed by atoms with E-state index in [4.69, 9.17) is 11.6 Å². The molecule has 3 atom stereocenters. The molecular weight excluding hydrogens is 556 g/mol. The lowest BCUT2D eigenvalue weighted by molar-refractivity contribution is -0.143. The number of amides is 2. The molecule has 3 aliphatic rings. The Morgan fingerprint density at radius 3 is 2.37 bits per heavy atom. The molecule has 0 saturated carbocycles. The van der Waals surface area contributed by atoms with E-state index in [0.717, 1.165) is 11.8 Å². The van der Waals surface area contributed by atoms with Crippen LogP contribution in [0.3, 0.4) is 0 Å². The number of allylic oxidation sites excluding steroid dienone is 1. The van der Waals surface area contributed by atoms with E-state index >= 15 is 0 Å². The van der Waals surface area contributed by atoms with Gasteiger partial charge >= 0.3 is 0 Å². The number of hydrazine groups is 1. The molecular formula is C25H19ClN2O8S2. The summed E-state index contributed by atoms with van der Waals surface area (Å²) >= 11 is 11.4. The number of benzene rings is 2. The summed E-state index contributed by atoms with van der Waals surface area (Å²) in [7, 11) is 0. The van der Waals surface area contributed by atoms with Crippen molar-refractivity contribution in [3.8, 4) is 5.75 Å². The molecule has 2 amide bonds. The number of Topliss-reactive ketones (excluding diaryl/α,β-unsaturated/α-hetero) is 2. The molecule has 0 saturated heterocycles. The molecule has 0 spiro atoms. The largest absolute Gasteiger partial charge is 0.511 e. The van der Waals surface area contributed by atoms with Crippen LogP contribution >= 0.6 is 36.0 Å². The van der Waals surface area contributed by atoms with Gasteiger partial charge in [0.05, 0.1) is 16.2 Å². The molecule has 5 rings (SSSR count). The van der Waals surface area contributed by atoms with E-state index in [1.165, 1.54) is 24.3 Å². The second-order valence-corrected chi connectivity index (χ2v) is 11.1. The van der Waals surface area contributed by atoms with Crippen molar-refractivity contribution >= 4 is 59.4 Å². The highest BCUT2D eigenvalue weighted by atomic mass is 35.5. The quantitative estimate of drug-likeness (QED) is 0.162. The van der Waals surface area contributed by atoms with Gasteiger partial charge in [0, 0.05) is 32.9 Å². The normalized spacial score (nSPS) is 24.4. The third-order valence-corrected chi connectivity index (χ3v) is 8.89. The summed E-state index contributed by atoms with van der Waals surface area (Å²) in [6.45, 7) is 0. The highest BCUT2D eigenvalue weighted by molar-refractivity contribution is 8.00. The molecule has 3 unspecified atom stereocenters. The van der Waals surface area contributed by atoms with Gasteiger partial charge < -0.3 is 20.4 Å². The van der Waals surface area contributed by atoms with E-state index in [9.17, 15) is 39.6 Å². The average molecular weight is 575 g/mol. The van der Waals surface area contributed by atoms with Gasteiger partial charge in [-0.2, -0.15) is 0 Å². The summed E-state index contributed by atoms with van der Waals surface area (Å²) < 4.78 is 0. The number of nitrogens with one attached hydrogen (secondary N) is 2. The Bertz CT molecular complexity index is 1500. The fourth-order valence-electron chi connectivity index (χ4n) is 4.89. The molecule has 0 aromatic heterocycles. The van der Waals surface area contributed by atoms with Gasteiger partial charge in [-0.3, -0.25) is 30.0 Å². The van der Waals surface area contributed by atoms with E-state index < -0.39 is 57.2 Å². The van der Waals surface area contributed by atoms with Crippen LogP contribution < -0.4 is 10.9 Å². The van der Waals surface area contributed by atoms with Crippen LogP contribution in [0.25, 0.3) is 0 Å². The fraction of sp³-hybridized carbons (Fsp3) is 0.200. The maximum absolute atomic E-state index is 13.4. The van der Waals surface area contributed by atoms with Gasteiger partial charge in [0.1, 0.15) is 22.8 Å². The Morgan fingerprint density at radius 2 is 1.68 bits per heavy atom. The van der Waals surface area contributed by atoms with Crippen LogP contribution in [0.1, 0.15) is 33.6 Å². The smallest absolute Gasteiger partial charge is 0.276 e. The molecule has 2 aliphatic carbocycles. The molecule has 1 aliphatic heterocycles. The predicted molar refractivity (Wildman–Crippen MR) is 138 cm³/mol. The second kappa shape index (κ2) is 9.38. The molecule has 0 radical (unpaired) electrons. The first-order valence-electron chi connectivity index (χ1n) is 11.2. The van der Waals surface area contributed by atoms with Crippen molar-refractivity contribution in [1.29, 1.82) is 0 Å². The predicted octanol–water partition coefficient (Wildman–Crippen LogP) is 2.80. The zero-order chi connectivity index (χ0) is 27.5. The van der Waals surface area contributed by atoms with E-state index in [1.54, 1.807) is 12.1 Å². The Morgan fingerprint density at radius 1 is 1.03 bits per heavy atom. The highest BCUT2D eigenvalue weighted by Gasteiger charge is 2.60. The molecule has 196 valence electrons. The minimum Gasteiger partial charge on any atom is -0.511 e. The number of aliphatic hydroxyl groups excluding tert-OH is 2. The molecule has 0 fully saturated rings. The topological polar surface area (TPSA) is 173 Å². The Labute approximate surface area is 229 Å². The summed E-state index contributed by atoms with van der Waals surface area (Å²) in [5, 5.41) is 42.9. The average Bonchev–Trinajstić information content (AvgIpc) is 2.87. The van der Waals surface area contributed by atoms with Gasteiger partial charge in [0.15, 0.2) is 11.4 Å². The van der Waals surface area contributed by atoms with Crippen LogP contribution in [0.2, 0.25) is 5.02 Å². The van der Waals surface area contributed by atoms with Crippen molar-refractivity contribution in [2.45, 2.75) is 33.5 Å². The molecule has 2 aromatic carbocycles. The lowest BCUT2D eigenvalue weighted by atomic mass is 9.65. The number of carbonyl (C=O) groups excluding carboxylic acids is 4. The third kappa shape index (κ3) is 3.95. The second-order valence-electron chi connectivity index (χ2n) is 8.98.